The van der Waals surface area contributed by atoms with Crippen molar-refractivity contribution in [3.63, 3.8) is 0 Å². The van der Waals surface area contributed by atoms with Crippen LogP contribution < -0.4 is 0 Å². The highest BCUT2D eigenvalue weighted by Gasteiger charge is 2.27. The van der Waals surface area contributed by atoms with Crippen LogP contribution in [0.5, 0.6) is 0 Å². The van der Waals surface area contributed by atoms with Crippen molar-refractivity contribution in [1.29, 1.82) is 0 Å². The van der Waals surface area contributed by atoms with Crippen molar-refractivity contribution in [1.82, 2.24) is 0 Å². The first-order valence-electron chi connectivity index (χ1n) is 7.44. The van der Waals surface area contributed by atoms with Gasteiger partial charge in [0.25, 0.3) is 0 Å². The molecule has 1 rings (SSSR count). The Balaban J connectivity index is 3.25. The van der Waals surface area contributed by atoms with Gasteiger partial charge in [-0.3, -0.25) is 0 Å². The van der Waals surface area contributed by atoms with Gasteiger partial charge in [0.2, 0.25) is 0 Å². The molecule has 1 aromatic carbocycles. The van der Waals surface area contributed by atoms with Gasteiger partial charge in [-0.25, -0.2) is 4.31 Å². The van der Waals surface area contributed by atoms with Crippen molar-refractivity contribution in [3.8, 4) is 0 Å². The van der Waals surface area contributed by atoms with E-state index < -0.39 is 17.2 Å². The van der Waals surface area contributed by atoms with E-state index in [-0.39, 0.29) is 17.4 Å². The Bertz CT molecular complexity index is 497. The quantitative estimate of drug-likeness (QED) is 0.670. The average molecular weight is 362 g/mol. The third-order valence-corrected chi connectivity index (χ3v) is 4.97. The Labute approximate surface area is 141 Å². The largest absolute Gasteiger partial charge is 0.337 e. The van der Waals surface area contributed by atoms with E-state index in [4.69, 9.17) is 14.3 Å². The molecule has 1 aromatic rings. The summed E-state index contributed by atoms with van der Waals surface area (Å²) in [4.78, 5) is 27.2. The molecular weight excluding hydrogens is 334 g/mol. The van der Waals surface area contributed by atoms with Gasteiger partial charge in [-0.15, -0.1) is 0 Å². The SMILES string of the molecule is Cc1cc(C(C)(C)C)c(COP(O)OP(O)O)c(C(C)(C)C)c1. The zero-order valence-electron chi connectivity index (χ0n) is 14.9. The first-order valence-corrected chi connectivity index (χ1v) is 9.74. The first kappa shape index (κ1) is 20.9. The van der Waals surface area contributed by atoms with Gasteiger partial charge in [-0.05, 0) is 34.4 Å². The second kappa shape index (κ2) is 7.84. The van der Waals surface area contributed by atoms with Crippen LogP contribution in [0.4, 0.5) is 0 Å². The van der Waals surface area contributed by atoms with Gasteiger partial charge in [0.15, 0.2) is 0 Å². The molecule has 0 saturated carbocycles. The van der Waals surface area contributed by atoms with Crippen molar-refractivity contribution < 1.29 is 23.5 Å². The summed E-state index contributed by atoms with van der Waals surface area (Å²) in [5, 5.41) is 0. The minimum Gasteiger partial charge on any atom is -0.328 e. The van der Waals surface area contributed by atoms with Gasteiger partial charge in [0.1, 0.15) is 0 Å². The van der Waals surface area contributed by atoms with Crippen molar-refractivity contribution >= 4 is 17.2 Å². The van der Waals surface area contributed by atoms with Crippen molar-refractivity contribution in [3.05, 3.63) is 34.4 Å². The van der Waals surface area contributed by atoms with Gasteiger partial charge >= 0.3 is 17.2 Å². The second-order valence-corrected chi connectivity index (χ2v) is 9.58. The summed E-state index contributed by atoms with van der Waals surface area (Å²) >= 11 is 0. The van der Waals surface area contributed by atoms with Crippen LogP contribution in [0.3, 0.4) is 0 Å². The zero-order chi connectivity index (χ0) is 18.0. The third-order valence-electron chi connectivity index (χ3n) is 3.47. The summed E-state index contributed by atoms with van der Waals surface area (Å²) < 4.78 is 9.87. The van der Waals surface area contributed by atoms with Crippen LogP contribution in [0.15, 0.2) is 12.1 Å². The molecule has 1 unspecified atom stereocenters. The number of rotatable bonds is 5. The number of hydrogen-bond donors (Lipinski definition) is 3. The number of hydrogen-bond acceptors (Lipinski definition) is 5. The summed E-state index contributed by atoms with van der Waals surface area (Å²) in [6, 6.07) is 4.28. The molecule has 0 aliphatic rings. The van der Waals surface area contributed by atoms with Crippen molar-refractivity contribution in [2.24, 2.45) is 0 Å². The Hall–Kier alpha value is -0.120. The third kappa shape index (κ3) is 6.36. The average Bonchev–Trinajstić information content (AvgIpc) is 2.33. The lowest BCUT2D eigenvalue weighted by Crippen LogP contribution is -2.22. The molecule has 0 aliphatic heterocycles. The summed E-state index contributed by atoms with van der Waals surface area (Å²) in [5.41, 5.74) is 4.35. The second-order valence-electron chi connectivity index (χ2n) is 7.68. The Morgan fingerprint density at radius 3 is 1.70 bits per heavy atom. The van der Waals surface area contributed by atoms with E-state index in [1.54, 1.807) is 0 Å². The van der Waals surface area contributed by atoms with Gasteiger partial charge in [-0.2, -0.15) is 0 Å². The molecular formula is C16H28O5P2. The molecule has 0 fully saturated rings. The predicted molar refractivity (Wildman–Crippen MR) is 94.9 cm³/mol. The summed E-state index contributed by atoms with van der Waals surface area (Å²) in [6.07, 6.45) is 0. The van der Waals surface area contributed by atoms with Crippen molar-refractivity contribution in [2.45, 2.75) is 65.9 Å². The molecule has 1 atom stereocenters. The van der Waals surface area contributed by atoms with E-state index >= 15 is 0 Å². The molecule has 0 aliphatic carbocycles. The maximum atomic E-state index is 9.64. The fourth-order valence-electron chi connectivity index (χ4n) is 2.52. The lowest BCUT2D eigenvalue weighted by molar-refractivity contribution is 0.236. The smallest absolute Gasteiger partial charge is 0.328 e. The fraction of sp³-hybridized carbons (Fsp3) is 0.625. The van der Waals surface area contributed by atoms with E-state index in [1.165, 1.54) is 5.56 Å². The monoisotopic (exact) mass is 362 g/mol. The molecule has 132 valence electrons. The lowest BCUT2D eigenvalue weighted by Gasteiger charge is -2.31. The fourth-order valence-corrected chi connectivity index (χ4v) is 3.44. The summed E-state index contributed by atoms with van der Waals surface area (Å²) in [6.45, 7) is 15.0. The minimum absolute atomic E-state index is 0.0790. The van der Waals surface area contributed by atoms with E-state index in [1.807, 2.05) is 0 Å². The van der Waals surface area contributed by atoms with Crippen LogP contribution in [0.25, 0.3) is 0 Å². The summed E-state index contributed by atoms with van der Waals surface area (Å²) in [7, 11) is -4.95. The predicted octanol–water partition coefficient (Wildman–Crippen LogP) is 4.55. The maximum Gasteiger partial charge on any atom is 0.337 e. The van der Waals surface area contributed by atoms with E-state index in [9.17, 15) is 4.89 Å². The van der Waals surface area contributed by atoms with Crippen LogP contribution in [0, 0.1) is 6.92 Å². The molecule has 5 nitrogen and oxygen atoms in total. The standard InChI is InChI=1S/C16H28O5P2/c1-11-8-13(15(2,3)4)12(14(9-11)16(5,6)7)10-20-23(19)21-22(17)18/h8-9,17-19H,10H2,1-7H3. The summed E-state index contributed by atoms with van der Waals surface area (Å²) in [5.74, 6) is 0. The van der Waals surface area contributed by atoms with Crippen LogP contribution in [-0.2, 0) is 26.3 Å². The molecule has 23 heavy (non-hydrogen) atoms. The maximum absolute atomic E-state index is 9.64. The van der Waals surface area contributed by atoms with E-state index in [0.29, 0.717) is 0 Å². The van der Waals surface area contributed by atoms with Crippen LogP contribution in [0.1, 0.15) is 63.8 Å². The molecule has 7 heteroatoms. The van der Waals surface area contributed by atoms with Gasteiger partial charge in [0.05, 0.1) is 6.61 Å². The minimum atomic E-state index is -2.63. The van der Waals surface area contributed by atoms with Gasteiger partial charge in [0, 0.05) is 0 Å². The Morgan fingerprint density at radius 2 is 1.35 bits per heavy atom. The van der Waals surface area contributed by atoms with Gasteiger partial charge < -0.3 is 19.2 Å². The molecule has 0 heterocycles. The number of aryl methyl sites for hydroxylation is 1. The molecule has 0 bridgehead atoms. The normalized spacial score (nSPS) is 14.4. The molecule has 0 saturated heterocycles. The molecule has 0 aromatic heterocycles. The van der Waals surface area contributed by atoms with Crippen LogP contribution in [0.2, 0.25) is 0 Å². The zero-order valence-corrected chi connectivity index (χ0v) is 16.7. The molecule has 0 amide bonds. The van der Waals surface area contributed by atoms with Crippen molar-refractivity contribution in [2.75, 3.05) is 0 Å². The van der Waals surface area contributed by atoms with E-state index in [0.717, 1.165) is 16.7 Å². The first-order chi connectivity index (χ1) is 10.3. The molecule has 0 spiro atoms. The highest BCUT2D eigenvalue weighted by atomic mass is 31.2. The van der Waals surface area contributed by atoms with E-state index in [2.05, 4.69) is 64.9 Å². The molecule has 0 radical (unpaired) electrons. The Morgan fingerprint density at radius 1 is 0.913 bits per heavy atom. The van der Waals surface area contributed by atoms with Crippen LogP contribution >= 0.6 is 17.2 Å². The highest BCUT2D eigenvalue weighted by molar-refractivity contribution is 7.54. The lowest BCUT2D eigenvalue weighted by atomic mass is 9.75. The Kier molecular flexibility index (Phi) is 7.13. The molecule has 3 N–H and O–H groups in total. The number of benzene rings is 1. The van der Waals surface area contributed by atoms with Crippen LogP contribution in [-0.4, -0.2) is 14.7 Å². The highest BCUT2D eigenvalue weighted by Crippen LogP contribution is 2.47. The topological polar surface area (TPSA) is 79.2 Å². The van der Waals surface area contributed by atoms with Gasteiger partial charge in [-0.1, -0.05) is 59.2 Å².